The second kappa shape index (κ2) is 7.94. The number of benzene rings is 2. The van der Waals surface area contributed by atoms with E-state index in [1.165, 1.54) is 5.01 Å². The summed E-state index contributed by atoms with van der Waals surface area (Å²) >= 11 is 6.20. The minimum Gasteiger partial charge on any atom is -0.493 e. The monoisotopic (exact) mass is 400 g/mol. The van der Waals surface area contributed by atoms with E-state index in [0.29, 0.717) is 39.2 Å². The summed E-state index contributed by atoms with van der Waals surface area (Å²) in [5, 5.41) is 6.38. The van der Waals surface area contributed by atoms with Crippen molar-refractivity contribution in [2.24, 2.45) is 5.10 Å². The van der Waals surface area contributed by atoms with Crippen LogP contribution in [0.2, 0.25) is 5.02 Å². The van der Waals surface area contributed by atoms with Crippen LogP contribution in [0, 0.1) is 6.92 Å². The van der Waals surface area contributed by atoms with Gasteiger partial charge >= 0.3 is 0 Å². The van der Waals surface area contributed by atoms with Crippen LogP contribution in [0.15, 0.2) is 41.0 Å². The first-order valence-corrected chi connectivity index (χ1v) is 8.96. The van der Waals surface area contributed by atoms with Crippen LogP contribution in [0.3, 0.4) is 0 Å². The maximum absolute atomic E-state index is 13.0. The highest BCUT2D eigenvalue weighted by molar-refractivity contribution is 6.34. The zero-order valence-corrected chi connectivity index (χ0v) is 17.1. The van der Waals surface area contributed by atoms with Crippen molar-refractivity contribution >= 4 is 35.0 Å². The van der Waals surface area contributed by atoms with Crippen molar-refractivity contribution in [2.75, 3.05) is 26.3 Å². The SMILES string of the molecule is COc1cc(/C=C2\C(=O)N(c3cccc(Cl)c3C)N=C2C)cc(OC)c1OC. The Morgan fingerprint density at radius 2 is 1.68 bits per heavy atom. The molecule has 0 fully saturated rings. The van der Waals surface area contributed by atoms with Gasteiger partial charge in [0.2, 0.25) is 5.75 Å². The lowest BCUT2D eigenvalue weighted by atomic mass is 10.1. The number of halogens is 1. The predicted octanol–water partition coefficient (Wildman–Crippen LogP) is 4.48. The van der Waals surface area contributed by atoms with E-state index in [-0.39, 0.29) is 5.91 Å². The maximum Gasteiger partial charge on any atom is 0.280 e. The average molecular weight is 401 g/mol. The maximum atomic E-state index is 13.0. The van der Waals surface area contributed by atoms with E-state index < -0.39 is 0 Å². The number of carbonyl (C=O) groups excluding carboxylic acids is 1. The Morgan fingerprint density at radius 1 is 1.04 bits per heavy atom. The molecule has 0 spiro atoms. The van der Waals surface area contributed by atoms with Gasteiger partial charge in [0.1, 0.15) is 0 Å². The number of amides is 1. The molecule has 0 atom stereocenters. The Kier molecular flexibility index (Phi) is 5.61. The van der Waals surface area contributed by atoms with Crippen LogP contribution in [0.1, 0.15) is 18.1 Å². The molecule has 2 aromatic rings. The third kappa shape index (κ3) is 3.43. The van der Waals surface area contributed by atoms with Gasteiger partial charge in [-0.05, 0) is 55.3 Å². The highest BCUT2D eigenvalue weighted by atomic mass is 35.5. The first-order chi connectivity index (χ1) is 13.4. The lowest BCUT2D eigenvalue weighted by Crippen LogP contribution is -2.22. The Labute approximate surface area is 169 Å². The van der Waals surface area contributed by atoms with Gasteiger partial charge in [0.25, 0.3) is 5.91 Å². The molecular formula is C21H21ClN2O4. The molecule has 146 valence electrons. The average Bonchev–Trinajstić information content (AvgIpc) is 2.97. The third-order valence-electron chi connectivity index (χ3n) is 4.53. The summed E-state index contributed by atoms with van der Waals surface area (Å²) < 4.78 is 16.1. The molecule has 7 heteroatoms. The van der Waals surface area contributed by atoms with Crippen molar-refractivity contribution in [2.45, 2.75) is 13.8 Å². The van der Waals surface area contributed by atoms with Crippen LogP contribution in [-0.2, 0) is 4.79 Å². The summed E-state index contributed by atoms with van der Waals surface area (Å²) in [7, 11) is 4.64. The van der Waals surface area contributed by atoms with Gasteiger partial charge in [0.05, 0.1) is 38.3 Å². The molecule has 0 saturated heterocycles. The van der Waals surface area contributed by atoms with Crippen molar-refractivity contribution < 1.29 is 19.0 Å². The highest BCUT2D eigenvalue weighted by Crippen LogP contribution is 2.39. The lowest BCUT2D eigenvalue weighted by molar-refractivity contribution is -0.114. The number of anilines is 1. The Bertz CT molecular complexity index is 973. The molecule has 6 nitrogen and oxygen atoms in total. The number of methoxy groups -OCH3 is 3. The summed E-state index contributed by atoms with van der Waals surface area (Å²) in [6.07, 6.45) is 1.76. The van der Waals surface area contributed by atoms with E-state index >= 15 is 0 Å². The molecule has 0 aromatic heterocycles. The summed E-state index contributed by atoms with van der Waals surface area (Å²) in [5.74, 6) is 1.29. The van der Waals surface area contributed by atoms with Crippen LogP contribution in [0.25, 0.3) is 6.08 Å². The van der Waals surface area contributed by atoms with E-state index in [4.69, 9.17) is 25.8 Å². The lowest BCUT2D eigenvalue weighted by Gasteiger charge is -2.15. The number of hydrazone groups is 1. The molecule has 0 unspecified atom stereocenters. The predicted molar refractivity (Wildman–Crippen MR) is 111 cm³/mol. The molecule has 0 saturated carbocycles. The fraction of sp³-hybridized carbons (Fsp3) is 0.238. The van der Waals surface area contributed by atoms with Crippen LogP contribution in [0.5, 0.6) is 17.2 Å². The molecule has 1 aliphatic rings. The van der Waals surface area contributed by atoms with Crippen molar-refractivity contribution in [3.63, 3.8) is 0 Å². The number of nitrogens with zero attached hydrogens (tertiary/aromatic N) is 2. The fourth-order valence-corrected chi connectivity index (χ4v) is 3.19. The summed E-state index contributed by atoms with van der Waals surface area (Å²) in [5.41, 5.74) is 3.28. The van der Waals surface area contributed by atoms with Gasteiger partial charge in [0.15, 0.2) is 11.5 Å². The van der Waals surface area contributed by atoms with E-state index in [1.807, 2.05) is 13.0 Å². The highest BCUT2D eigenvalue weighted by Gasteiger charge is 2.30. The van der Waals surface area contributed by atoms with Gasteiger partial charge in [-0.15, -0.1) is 0 Å². The molecule has 1 heterocycles. The first kappa shape index (κ1) is 19.8. The van der Waals surface area contributed by atoms with Crippen molar-refractivity contribution in [1.29, 1.82) is 0 Å². The van der Waals surface area contributed by atoms with Gasteiger partial charge in [-0.2, -0.15) is 10.1 Å². The molecule has 0 aliphatic carbocycles. The molecule has 3 rings (SSSR count). The molecule has 0 N–H and O–H groups in total. The number of carbonyl (C=O) groups is 1. The number of hydrogen-bond acceptors (Lipinski definition) is 5. The molecule has 2 aromatic carbocycles. The summed E-state index contributed by atoms with van der Waals surface area (Å²) in [4.78, 5) is 13.0. The Morgan fingerprint density at radius 3 is 2.25 bits per heavy atom. The minimum absolute atomic E-state index is 0.225. The van der Waals surface area contributed by atoms with E-state index in [0.717, 1.165) is 11.1 Å². The molecule has 0 radical (unpaired) electrons. The Balaban J connectivity index is 2.03. The molecule has 0 bridgehead atoms. The number of rotatable bonds is 5. The van der Waals surface area contributed by atoms with Crippen LogP contribution in [0.4, 0.5) is 5.69 Å². The number of hydrogen-bond donors (Lipinski definition) is 0. The topological polar surface area (TPSA) is 60.4 Å². The van der Waals surface area contributed by atoms with Crippen molar-refractivity contribution in [3.8, 4) is 17.2 Å². The third-order valence-corrected chi connectivity index (χ3v) is 4.94. The van der Waals surface area contributed by atoms with Gasteiger partial charge < -0.3 is 14.2 Å². The second-order valence-corrected chi connectivity index (χ2v) is 6.61. The second-order valence-electron chi connectivity index (χ2n) is 6.20. The van der Waals surface area contributed by atoms with Crippen molar-refractivity contribution in [3.05, 3.63) is 52.1 Å². The van der Waals surface area contributed by atoms with Crippen LogP contribution < -0.4 is 19.2 Å². The van der Waals surface area contributed by atoms with Crippen LogP contribution in [-0.4, -0.2) is 32.9 Å². The van der Waals surface area contributed by atoms with E-state index in [1.54, 1.807) is 58.6 Å². The molecule has 1 aliphatic heterocycles. The smallest absolute Gasteiger partial charge is 0.280 e. The van der Waals surface area contributed by atoms with E-state index in [9.17, 15) is 4.79 Å². The molecule has 1 amide bonds. The van der Waals surface area contributed by atoms with E-state index in [2.05, 4.69) is 5.10 Å². The zero-order chi connectivity index (χ0) is 20.4. The van der Waals surface area contributed by atoms with Gasteiger partial charge in [-0.1, -0.05) is 17.7 Å². The minimum atomic E-state index is -0.225. The number of ether oxygens (including phenoxy) is 3. The quantitative estimate of drug-likeness (QED) is 0.694. The normalized spacial score (nSPS) is 15.1. The van der Waals surface area contributed by atoms with Crippen molar-refractivity contribution in [1.82, 2.24) is 0 Å². The zero-order valence-electron chi connectivity index (χ0n) is 16.4. The Hall–Kier alpha value is -2.99. The largest absolute Gasteiger partial charge is 0.493 e. The molecule has 28 heavy (non-hydrogen) atoms. The standard InChI is InChI=1S/C21H21ClN2O4/c1-12-16(22)7-6-8-17(12)24-21(25)15(13(2)23-24)9-14-10-18(26-3)20(28-5)19(11-14)27-4/h6-11H,1-5H3/b15-9-. The van der Waals surface area contributed by atoms with Gasteiger partial charge in [0, 0.05) is 5.02 Å². The first-order valence-electron chi connectivity index (χ1n) is 8.58. The van der Waals surface area contributed by atoms with Crippen LogP contribution >= 0.6 is 11.6 Å². The van der Waals surface area contributed by atoms with Gasteiger partial charge in [-0.3, -0.25) is 4.79 Å². The molecular weight excluding hydrogens is 380 g/mol. The summed E-state index contributed by atoms with van der Waals surface area (Å²) in [6.45, 7) is 3.65. The summed E-state index contributed by atoms with van der Waals surface area (Å²) in [6, 6.07) is 8.95. The fourth-order valence-electron chi connectivity index (χ4n) is 3.02. The van der Waals surface area contributed by atoms with Gasteiger partial charge in [-0.25, -0.2) is 0 Å².